The van der Waals surface area contributed by atoms with E-state index in [0.29, 0.717) is 12.4 Å². The van der Waals surface area contributed by atoms with Crippen molar-refractivity contribution < 1.29 is 14.1 Å². The molecule has 0 aromatic rings. The van der Waals surface area contributed by atoms with Gasteiger partial charge in [0.2, 0.25) is 5.91 Å². The lowest BCUT2D eigenvalue weighted by atomic mass is 9.65. The van der Waals surface area contributed by atoms with E-state index in [1.165, 1.54) is 6.92 Å². The van der Waals surface area contributed by atoms with Crippen LogP contribution in [0, 0.1) is 11.3 Å². The number of hydrogen-bond acceptors (Lipinski definition) is 3. The van der Waals surface area contributed by atoms with Crippen LogP contribution in [0.1, 0.15) is 34.1 Å². The third kappa shape index (κ3) is 2.34. The van der Waals surface area contributed by atoms with Crippen molar-refractivity contribution in [2.24, 2.45) is 11.3 Å². The first-order valence-electron chi connectivity index (χ1n) is 6.57. The normalized spacial score (nSPS) is 34.3. The van der Waals surface area contributed by atoms with Crippen molar-refractivity contribution in [3.63, 3.8) is 0 Å². The van der Waals surface area contributed by atoms with Gasteiger partial charge >= 0.3 is 7.12 Å². The van der Waals surface area contributed by atoms with Crippen molar-refractivity contribution in [2.45, 2.75) is 46.3 Å². The summed E-state index contributed by atoms with van der Waals surface area (Å²) in [5.41, 5.74) is 1.18. The topological polar surface area (TPSA) is 47.6 Å². The Labute approximate surface area is 109 Å². The van der Waals surface area contributed by atoms with Crippen LogP contribution in [0.5, 0.6) is 0 Å². The van der Waals surface area contributed by atoms with Crippen LogP contribution < -0.4 is 5.32 Å². The molecule has 100 valence electrons. The Morgan fingerprint density at radius 2 is 2.22 bits per heavy atom. The van der Waals surface area contributed by atoms with Crippen LogP contribution in [0.3, 0.4) is 0 Å². The van der Waals surface area contributed by atoms with Gasteiger partial charge in [0.15, 0.2) is 0 Å². The number of carbonyl (C=O) groups excluding carboxylic acids is 1. The molecular weight excluding hydrogens is 229 g/mol. The van der Waals surface area contributed by atoms with Gasteiger partial charge in [0.25, 0.3) is 0 Å². The van der Waals surface area contributed by atoms with Gasteiger partial charge in [-0.2, -0.15) is 0 Å². The smallest absolute Gasteiger partial charge is 0.404 e. The molecule has 0 bridgehead atoms. The van der Waals surface area contributed by atoms with Crippen LogP contribution in [0.25, 0.3) is 0 Å². The molecule has 0 aromatic carbocycles. The average Bonchev–Trinajstić information content (AvgIpc) is 2.67. The SMILES string of the molecule is C=C1C2OB(CNC(C)=O)O[C@@H]2CC(C)C1(C)C. The highest BCUT2D eigenvalue weighted by atomic mass is 16.7. The molecule has 2 aliphatic rings. The number of hydrogen-bond donors (Lipinski definition) is 1. The molecule has 1 N–H and O–H groups in total. The van der Waals surface area contributed by atoms with Gasteiger partial charge in [-0.1, -0.05) is 27.4 Å². The molecule has 1 aliphatic carbocycles. The standard InChI is InChI=1S/C13H22BNO3/c1-8-6-11-12(9(2)13(8,4)5)18-14(17-11)7-15-10(3)16/h8,11-12H,2,6-7H2,1,3-5H3,(H,15,16)/t8?,11-,12?/m1/s1. The first-order chi connectivity index (χ1) is 8.32. The fourth-order valence-corrected chi connectivity index (χ4v) is 2.68. The summed E-state index contributed by atoms with van der Waals surface area (Å²) in [4.78, 5) is 10.9. The van der Waals surface area contributed by atoms with Gasteiger partial charge in [0.1, 0.15) is 0 Å². The number of fused-ring (bicyclic) bond motifs is 1. The number of nitrogens with one attached hydrogen (secondary N) is 1. The van der Waals surface area contributed by atoms with Crippen molar-refractivity contribution in [3.05, 3.63) is 12.2 Å². The molecule has 3 atom stereocenters. The Bertz CT molecular complexity index is 369. The molecule has 0 radical (unpaired) electrons. The first kappa shape index (κ1) is 13.6. The molecule has 1 amide bonds. The molecular formula is C13H22BNO3. The van der Waals surface area contributed by atoms with Gasteiger partial charge in [0, 0.05) is 6.92 Å². The zero-order chi connectivity index (χ0) is 13.5. The van der Waals surface area contributed by atoms with Gasteiger partial charge in [-0.3, -0.25) is 4.79 Å². The second kappa shape index (κ2) is 4.70. The van der Waals surface area contributed by atoms with Crippen molar-refractivity contribution in [2.75, 3.05) is 6.44 Å². The lowest BCUT2D eigenvalue weighted by Crippen LogP contribution is -2.42. The lowest BCUT2D eigenvalue weighted by molar-refractivity contribution is -0.118. The Kier molecular flexibility index (Phi) is 3.56. The molecule has 4 nitrogen and oxygen atoms in total. The maximum absolute atomic E-state index is 10.9. The summed E-state index contributed by atoms with van der Waals surface area (Å²) in [5.74, 6) is 0.457. The van der Waals surface area contributed by atoms with Crippen LogP contribution in [0.15, 0.2) is 12.2 Å². The number of amides is 1. The van der Waals surface area contributed by atoms with Crippen molar-refractivity contribution in [3.8, 4) is 0 Å². The molecule has 1 aliphatic heterocycles. The molecule has 2 fully saturated rings. The summed E-state index contributed by atoms with van der Waals surface area (Å²) >= 11 is 0. The van der Waals surface area contributed by atoms with Gasteiger partial charge < -0.3 is 14.6 Å². The van der Waals surface area contributed by atoms with E-state index in [9.17, 15) is 4.79 Å². The summed E-state index contributed by atoms with van der Waals surface area (Å²) in [5, 5.41) is 2.73. The van der Waals surface area contributed by atoms with Crippen LogP contribution in [-0.2, 0) is 14.1 Å². The van der Waals surface area contributed by atoms with Crippen LogP contribution in [-0.4, -0.2) is 31.7 Å². The zero-order valence-electron chi connectivity index (χ0n) is 11.7. The van der Waals surface area contributed by atoms with Crippen LogP contribution in [0.2, 0.25) is 0 Å². The Hall–Kier alpha value is -0.805. The van der Waals surface area contributed by atoms with Crippen molar-refractivity contribution in [1.82, 2.24) is 5.32 Å². The summed E-state index contributed by atoms with van der Waals surface area (Å²) in [6.07, 6.45) is 1.44. The zero-order valence-corrected chi connectivity index (χ0v) is 11.7. The number of rotatable bonds is 2. The fourth-order valence-electron chi connectivity index (χ4n) is 2.68. The van der Waals surface area contributed by atoms with Crippen molar-refractivity contribution >= 4 is 13.0 Å². The average molecular weight is 251 g/mol. The van der Waals surface area contributed by atoms with E-state index in [1.54, 1.807) is 0 Å². The van der Waals surface area contributed by atoms with E-state index in [0.717, 1.165) is 12.0 Å². The molecule has 5 heteroatoms. The summed E-state index contributed by atoms with van der Waals surface area (Å²) in [6, 6.07) is 0. The Balaban J connectivity index is 2.02. The van der Waals surface area contributed by atoms with Gasteiger partial charge in [0.05, 0.1) is 18.7 Å². The molecule has 0 aromatic heterocycles. The van der Waals surface area contributed by atoms with Crippen LogP contribution in [0.4, 0.5) is 0 Å². The van der Waals surface area contributed by atoms with E-state index in [4.69, 9.17) is 9.31 Å². The summed E-state index contributed by atoms with van der Waals surface area (Å²) < 4.78 is 11.7. The molecule has 18 heavy (non-hydrogen) atoms. The second-order valence-corrected chi connectivity index (χ2v) is 5.98. The third-order valence-electron chi connectivity index (χ3n) is 4.47. The van der Waals surface area contributed by atoms with E-state index in [1.807, 2.05) is 0 Å². The Morgan fingerprint density at radius 1 is 1.56 bits per heavy atom. The maximum atomic E-state index is 10.9. The predicted molar refractivity (Wildman–Crippen MR) is 70.9 cm³/mol. The molecule has 1 heterocycles. The Morgan fingerprint density at radius 3 is 2.83 bits per heavy atom. The van der Waals surface area contributed by atoms with E-state index >= 15 is 0 Å². The van der Waals surface area contributed by atoms with Crippen LogP contribution >= 0.6 is 0 Å². The minimum Gasteiger partial charge on any atom is -0.404 e. The van der Waals surface area contributed by atoms with E-state index in [-0.39, 0.29) is 30.6 Å². The molecule has 2 unspecified atom stereocenters. The molecule has 1 saturated carbocycles. The second-order valence-electron chi connectivity index (χ2n) is 5.98. The van der Waals surface area contributed by atoms with E-state index in [2.05, 4.69) is 32.7 Å². The van der Waals surface area contributed by atoms with E-state index < -0.39 is 0 Å². The minimum absolute atomic E-state index is 0.0324. The molecule has 2 rings (SSSR count). The third-order valence-corrected chi connectivity index (χ3v) is 4.47. The number of carbonyl (C=O) groups is 1. The quantitative estimate of drug-likeness (QED) is 0.598. The van der Waals surface area contributed by atoms with Crippen molar-refractivity contribution in [1.29, 1.82) is 0 Å². The lowest BCUT2D eigenvalue weighted by Gasteiger charge is -2.44. The maximum Gasteiger partial charge on any atom is 0.478 e. The highest BCUT2D eigenvalue weighted by Gasteiger charge is 2.50. The molecule has 0 spiro atoms. The predicted octanol–water partition coefficient (Wildman–Crippen LogP) is 1.56. The van der Waals surface area contributed by atoms with Gasteiger partial charge in [-0.15, -0.1) is 0 Å². The first-order valence-corrected chi connectivity index (χ1v) is 6.57. The largest absolute Gasteiger partial charge is 0.478 e. The highest BCUT2D eigenvalue weighted by molar-refractivity contribution is 6.45. The fraction of sp³-hybridized carbons (Fsp3) is 0.769. The van der Waals surface area contributed by atoms with Gasteiger partial charge in [-0.25, -0.2) is 0 Å². The minimum atomic E-state index is -0.346. The molecule has 1 saturated heterocycles. The summed E-state index contributed by atoms with van der Waals surface area (Å²) in [6.45, 7) is 12.3. The highest BCUT2D eigenvalue weighted by Crippen LogP contribution is 2.47. The summed E-state index contributed by atoms with van der Waals surface area (Å²) in [7, 11) is -0.346. The monoisotopic (exact) mass is 251 g/mol. The van der Waals surface area contributed by atoms with Gasteiger partial charge in [-0.05, 0) is 23.3 Å².